The molecule has 7 heteroatoms. The Labute approximate surface area is 177 Å². The molecule has 0 unspecified atom stereocenters. The summed E-state index contributed by atoms with van der Waals surface area (Å²) in [6.07, 6.45) is 0. The molecule has 0 spiro atoms. The summed E-state index contributed by atoms with van der Waals surface area (Å²) in [6.45, 7) is 1.84. The maximum Gasteiger partial charge on any atom is 0.117 e. The van der Waals surface area contributed by atoms with Crippen LogP contribution >= 0.6 is 34.5 Å². The molecule has 0 saturated carbocycles. The van der Waals surface area contributed by atoms with Gasteiger partial charge in [-0.25, -0.2) is 0 Å². The quantitative estimate of drug-likeness (QED) is 0.413. The van der Waals surface area contributed by atoms with Gasteiger partial charge in [0, 0.05) is 39.1 Å². The number of thiophene rings is 1. The summed E-state index contributed by atoms with van der Waals surface area (Å²) in [6, 6.07) is 19.7. The second kappa shape index (κ2) is 8.88. The van der Waals surface area contributed by atoms with Crippen LogP contribution in [0.4, 0.5) is 0 Å². The first-order valence-electron chi connectivity index (χ1n) is 8.86. The minimum atomic E-state index is 0.420. The molecule has 28 heavy (non-hydrogen) atoms. The van der Waals surface area contributed by atoms with Crippen LogP contribution in [0.5, 0.6) is 0 Å². The minimum Gasteiger partial charge on any atom is -0.306 e. The van der Waals surface area contributed by atoms with Gasteiger partial charge in [0.1, 0.15) is 11.4 Å². The van der Waals surface area contributed by atoms with Gasteiger partial charge in [-0.1, -0.05) is 65.7 Å². The SMILES string of the molecule is Clc1cccc(Cl)c1Cn1nc(CNCc2cccs2)c(-c2ccccc2)n1. The monoisotopic (exact) mass is 428 g/mol. The molecule has 0 amide bonds. The van der Waals surface area contributed by atoms with Gasteiger partial charge in [-0.05, 0) is 23.6 Å². The second-order valence-electron chi connectivity index (χ2n) is 6.27. The fourth-order valence-corrected chi connectivity index (χ4v) is 4.13. The molecule has 142 valence electrons. The molecule has 0 bridgehead atoms. The molecule has 0 radical (unpaired) electrons. The number of hydrogen-bond acceptors (Lipinski definition) is 4. The molecule has 4 rings (SSSR count). The molecule has 0 aliphatic heterocycles. The normalized spacial score (nSPS) is 11.1. The molecule has 1 N–H and O–H groups in total. The van der Waals surface area contributed by atoms with Crippen LogP contribution in [0.1, 0.15) is 16.1 Å². The Kier molecular flexibility index (Phi) is 6.07. The predicted molar refractivity (Wildman–Crippen MR) is 116 cm³/mol. The third-order valence-corrected chi connectivity index (χ3v) is 5.89. The number of rotatable bonds is 7. The van der Waals surface area contributed by atoms with Crippen molar-refractivity contribution in [1.82, 2.24) is 20.3 Å². The summed E-state index contributed by atoms with van der Waals surface area (Å²) >= 11 is 14.4. The zero-order valence-electron chi connectivity index (χ0n) is 15.0. The Balaban J connectivity index is 1.60. The van der Waals surface area contributed by atoms with E-state index in [9.17, 15) is 0 Å². The van der Waals surface area contributed by atoms with Gasteiger partial charge in [-0.2, -0.15) is 15.0 Å². The molecule has 0 saturated heterocycles. The van der Waals surface area contributed by atoms with Crippen LogP contribution < -0.4 is 5.32 Å². The van der Waals surface area contributed by atoms with Gasteiger partial charge in [-0.3, -0.25) is 0 Å². The smallest absolute Gasteiger partial charge is 0.117 e. The van der Waals surface area contributed by atoms with Crippen LogP contribution in [0.2, 0.25) is 10.0 Å². The van der Waals surface area contributed by atoms with Crippen molar-refractivity contribution in [2.24, 2.45) is 0 Å². The van der Waals surface area contributed by atoms with Crippen molar-refractivity contribution in [3.8, 4) is 11.3 Å². The van der Waals surface area contributed by atoms with Crippen LogP contribution in [0, 0.1) is 0 Å². The molecule has 4 aromatic rings. The van der Waals surface area contributed by atoms with Crippen molar-refractivity contribution in [2.75, 3.05) is 0 Å². The molecule has 0 aliphatic rings. The number of aromatic nitrogens is 3. The van der Waals surface area contributed by atoms with Crippen molar-refractivity contribution < 1.29 is 0 Å². The van der Waals surface area contributed by atoms with E-state index >= 15 is 0 Å². The Morgan fingerprint density at radius 2 is 1.64 bits per heavy atom. The highest BCUT2D eigenvalue weighted by Gasteiger charge is 2.15. The van der Waals surface area contributed by atoms with Gasteiger partial charge in [0.05, 0.1) is 6.54 Å². The van der Waals surface area contributed by atoms with E-state index < -0.39 is 0 Å². The third kappa shape index (κ3) is 4.45. The highest BCUT2D eigenvalue weighted by Crippen LogP contribution is 2.26. The maximum absolute atomic E-state index is 6.32. The van der Waals surface area contributed by atoms with E-state index in [1.54, 1.807) is 16.1 Å². The summed E-state index contributed by atoms with van der Waals surface area (Å²) in [5.74, 6) is 0. The van der Waals surface area contributed by atoms with E-state index in [1.807, 2.05) is 48.5 Å². The molecule has 0 atom stereocenters. The third-order valence-electron chi connectivity index (χ3n) is 4.31. The number of benzene rings is 2. The van der Waals surface area contributed by atoms with Gasteiger partial charge < -0.3 is 5.32 Å². The molecule has 2 heterocycles. The summed E-state index contributed by atoms with van der Waals surface area (Å²) in [7, 11) is 0. The van der Waals surface area contributed by atoms with Gasteiger partial charge >= 0.3 is 0 Å². The van der Waals surface area contributed by atoms with E-state index in [1.165, 1.54) is 4.88 Å². The zero-order valence-corrected chi connectivity index (χ0v) is 17.3. The van der Waals surface area contributed by atoms with Crippen molar-refractivity contribution in [3.63, 3.8) is 0 Å². The largest absolute Gasteiger partial charge is 0.306 e. The number of hydrogen-bond donors (Lipinski definition) is 1. The molecule has 0 aliphatic carbocycles. The lowest BCUT2D eigenvalue weighted by Gasteiger charge is -2.05. The lowest BCUT2D eigenvalue weighted by molar-refractivity contribution is 0.577. The highest BCUT2D eigenvalue weighted by atomic mass is 35.5. The predicted octanol–water partition coefficient (Wildman–Crippen LogP) is 5.65. The summed E-state index contributed by atoms with van der Waals surface area (Å²) < 4.78 is 0. The molecule has 2 aromatic heterocycles. The fourth-order valence-electron chi connectivity index (χ4n) is 2.93. The zero-order chi connectivity index (χ0) is 19.3. The van der Waals surface area contributed by atoms with E-state index in [-0.39, 0.29) is 0 Å². The van der Waals surface area contributed by atoms with Crippen molar-refractivity contribution in [1.29, 1.82) is 0 Å². The standard InChI is InChI=1S/C21H18Cl2N4S/c22-18-9-4-10-19(23)17(18)14-27-25-20(13-24-12-16-8-5-11-28-16)21(26-27)15-6-2-1-3-7-15/h1-11,24H,12-14H2. The number of nitrogens with one attached hydrogen (secondary N) is 1. The van der Waals surface area contributed by atoms with Gasteiger partial charge in [0.25, 0.3) is 0 Å². The van der Waals surface area contributed by atoms with E-state index in [2.05, 4.69) is 22.8 Å². The fraction of sp³-hybridized carbons (Fsp3) is 0.143. The second-order valence-corrected chi connectivity index (χ2v) is 8.12. The van der Waals surface area contributed by atoms with Gasteiger partial charge in [-0.15, -0.1) is 11.3 Å². The Bertz CT molecular complexity index is 1030. The molecule has 2 aromatic carbocycles. The first kappa shape index (κ1) is 19.2. The molecule has 0 fully saturated rings. The molecular formula is C21H18Cl2N4S. The van der Waals surface area contributed by atoms with Crippen LogP contribution in [0.3, 0.4) is 0 Å². The van der Waals surface area contributed by atoms with Gasteiger partial charge in [0.15, 0.2) is 0 Å². The summed E-state index contributed by atoms with van der Waals surface area (Å²) in [5.41, 5.74) is 3.61. The lowest BCUT2D eigenvalue weighted by Crippen LogP contribution is -2.13. The first-order valence-corrected chi connectivity index (χ1v) is 10.5. The van der Waals surface area contributed by atoms with Crippen LogP contribution in [-0.4, -0.2) is 15.0 Å². The van der Waals surface area contributed by atoms with Crippen molar-refractivity contribution in [2.45, 2.75) is 19.6 Å². The van der Waals surface area contributed by atoms with Gasteiger partial charge in [0.2, 0.25) is 0 Å². The Hall–Kier alpha value is -2.18. The summed E-state index contributed by atoms with van der Waals surface area (Å²) in [5, 5.41) is 16.2. The van der Waals surface area contributed by atoms with E-state index in [0.717, 1.165) is 29.1 Å². The summed E-state index contributed by atoms with van der Waals surface area (Å²) in [4.78, 5) is 2.95. The topological polar surface area (TPSA) is 42.7 Å². The average molecular weight is 429 g/mol. The average Bonchev–Trinajstić information content (AvgIpc) is 3.36. The number of nitrogens with zero attached hydrogens (tertiary/aromatic N) is 3. The number of halogens is 2. The van der Waals surface area contributed by atoms with Crippen molar-refractivity contribution >= 4 is 34.5 Å². The van der Waals surface area contributed by atoms with E-state index in [4.69, 9.17) is 33.4 Å². The van der Waals surface area contributed by atoms with Crippen molar-refractivity contribution in [3.05, 3.63) is 92.2 Å². The maximum atomic E-state index is 6.32. The first-order chi connectivity index (χ1) is 13.7. The van der Waals surface area contributed by atoms with Crippen LogP contribution in [-0.2, 0) is 19.6 Å². The molecular weight excluding hydrogens is 411 g/mol. The molecule has 4 nitrogen and oxygen atoms in total. The van der Waals surface area contributed by atoms with Crippen LogP contribution in [0.25, 0.3) is 11.3 Å². The minimum absolute atomic E-state index is 0.420. The van der Waals surface area contributed by atoms with Crippen LogP contribution in [0.15, 0.2) is 66.0 Å². The van der Waals surface area contributed by atoms with E-state index in [0.29, 0.717) is 23.1 Å². The Morgan fingerprint density at radius 1 is 0.857 bits per heavy atom. The Morgan fingerprint density at radius 3 is 2.36 bits per heavy atom. The highest BCUT2D eigenvalue weighted by molar-refractivity contribution is 7.09. The lowest BCUT2D eigenvalue weighted by atomic mass is 10.1.